The van der Waals surface area contributed by atoms with Crippen molar-refractivity contribution >= 4 is 11.9 Å². The Morgan fingerprint density at radius 3 is 2.48 bits per heavy atom. The molecule has 33 heavy (non-hydrogen) atoms. The van der Waals surface area contributed by atoms with E-state index in [2.05, 4.69) is 15.4 Å². The summed E-state index contributed by atoms with van der Waals surface area (Å²) < 4.78 is 14.5. The average Bonchev–Trinajstić information content (AvgIpc) is 3.21. The van der Waals surface area contributed by atoms with Gasteiger partial charge in [0.05, 0.1) is 23.8 Å². The topological polar surface area (TPSA) is 117 Å². The Labute approximate surface area is 188 Å². The Bertz CT molecular complexity index is 1290. The first-order chi connectivity index (χ1) is 15.9. The number of hydrogen-bond donors (Lipinski definition) is 3. The quantitative estimate of drug-likeness (QED) is 0.398. The SMILES string of the molecule is O=C(O)CC(NC(=O)c1cc(O)n(-c2cccc(F)c2)n1)c1ccc(-c2ccccn2)cc1. The van der Waals surface area contributed by atoms with Gasteiger partial charge in [0.15, 0.2) is 5.69 Å². The van der Waals surface area contributed by atoms with Crippen LogP contribution < -0.4 is 5.32 Å². The van der Waals surface area contributed by atoms with Crippen LogP contribution in [0.1, 0.15) is 28.5 Å². The molecule has 4 rings (SSSR count). The van der Waals surface area contributed by atoms with Crippen molar-refractivity contribution < 1.29 is 24.2 Å². The highest BCUT2D eigenvalue weighted by Crippen LogP contribution is 2.24. The van der Waals surface area contributed by atoms with Crippen LogP contribution in [0.3, 0.4) is 0 Å². The zero-order valence-corrected chi connectivity index (χ0v) is 17.2. The third-order valence-electron chi connectivity index (χ3n) is 4.93. The normalized spacial score (nSPS) is 11.7. The highest BCUT2D eigenvalue weighted by atomic mass is 19.1. The Balaban J connectivity index is 1.56. The molecule has 8 nitrogen and oxygen atoms in total. The van der Waals surface area contributed by atoms with Crippen molar-refractivity contribution in [3.8, 4) is 22.8 Å². The van der Waals surface area contributed by atoms with Gasteiger partial charge < -0.3 is 15.5 Å². The van der Waals surface area contributed by atoms with Crippen LogP contribution >= 0.6 is 0 Å². The molecule has 166 valence electrons. The first kappa shape index (κ1) is 21.7. The summed E-state index contributed by atoms with van der Waals surface area (Å²) >= 11 is 0. The van der Waals surface area contributed by atoms with Crippen LogP contribution in [0.4, 0.5) is 4.39 Å². The Morgan fingerprint density at radius 1 is 1.03 bits per heavy atom. The first-order valence-corrected chi connectivity index (χ1v) is 9.99. The molecule has 0 fully saturated rings. The summed E-state index contributed by atoms with van der Waals surface area (Å²) in [4.78, 5) is 28.5. The Morgan fingerprint density at radius 2 is 1.82 bits per heavy atom. The summed E-state index contributed by atoms with van der Waals surface area (Å²) in [5.74, 6) is -2.66. The minimum absolute atomic E-state index is 0.141. The number of hydrogen-bond acceptors (Lipinski definition) is 5. The number of halogens is 1. The molecule has 9 heteroatoms. The summed E-state index contributed by atoms with van der Waals surface area (Å²) in [5.41, 5.74) is 2.29. The lowest BCUT2D eigenvalue weighted by molar-refractivity contribution is -0.137. The lowest BCUT2D eigenvalue weighted by atomic mass is 10.0. The van der Waals surface area contributed by atoms with E-state index in [1.165, 1.54) is 18.2 Å². The Kier molecular flexibility index (Phi) is 6.12. The van der Waals surface area contributed by atoms with Gasteiger partial charge in [0.2, 0.25) is 5.88 Å². The number of nitrogens with one attached hydrogen (secondary N) is 1. The number of carbonyl (C=O) groups excluding carboxylic acids is 1. The molecule has 1 atom stereocenters. The van der Waals surface area contributed by atoms with E-state index in [9.17, 15) is 24.2 Å². The smallest absolute Gasteiger partial charge is 0.305 e. The predicted molar refractivity (Wildman–Crippen MR) is 117 cm³/mol. The summed E-state index contributed by atoms with van der Waals surface area (Å²) in [5, 5.41) is 26.2. The highest BCUT2D eigenvalue weighted by Gasteiger charge is 2.22. The molecule has 1 amide bonds. The van der Waals surface area contributed by atoms with Crippen LogP contribution in [0, 0.1) is 5.82 Å². The van der Waals surface area contributed by atoms with Crippen LogP contribution in [-0.2, 0) is 4.79 Å². The fourth-order valence-corrected chi connectivity index (χ4v) is 3.36. The van der Waals surface area contributed by atoms with E-state index in [4.69, 9.17) is 0 Å². The molecule has 0 bridgehead atoms. The minimum Gasteiger partial charge on any atom is -0.493 e. The first-order valence-electron chi connectivity index (χ1n) is 9.99. The number of aliphatic carboxylic acids is 1. The molecule has 2 aromatic carbocycles. The summed E-state index contributed by atoms with van der Waals surface area (Å²) in [6, 6.07) is 18.2. The molecule has 3 N–H and O–H groups in total. The number of carboxylic acid groups (broad SMARTS) is 1. The van der Waals surface area contributed by atoms with Gasteiger partial charge in [-0.3, -0.25) is 14.6 Å². The van der Waals surface area contributed by atoms with Crippen molar-refractivity contribution in [3.05, 3.63) is 96.1 Å². The van der Waals surface area contributed by atoms with Crippen molar-refractivity contribution in [3.63, 3.8) is 0 Å². The second kappa shape index (κ2) is 9.31. The predicted octanol–water partition coefficient (Wildman–Crippen LogP) is 3.72. The minimum atomic E-state index is -1.10. The van der Waals surface area contributed by atoms with Crippen LogP contribution in [0.15, 0.2) is 79.0 Å². The summed E-state index contributed by atoms with van der Waals surface area (Å²) in [6.07, 6.45) is 1.32. The second-order valence-corrected chi connectivity index (χ2v) is 7.24. The number of rotatable bonds is 7. The number of aromatic nitrogens is 3. The van der Waals surface area contributed by atoms with E-state index in [-0.39, 0.29) is 23.7 Å². The average molecular weight is 446 g/mol. The van der Waals surface area contributed by atoms with Gasteiger partial charge in [0, 0.05) is 17.8 Å². The molecule has 0 aliphatic heterocycles. The van der Waals surface area contributed by atoms with Gasteiger partial charge in [-0.15, -0.1) is 0 Å². The summed E-state index contributed by atoms with van der Waals surface area (Å²) in [7, 11) is 0. The van der Waals surface area contributed by atoms with Crippen molar-refractivity contribution in [2.75, 3.05) is 0 Å². The van der Waals surface area contributed by atoms with E-state index in [1.54, 1.807) is 30.5 Å². The lowest BCUT2D eigenvalue weighted by Gasteiger charge is -2.17. The number of aromatic hydroxyl groups is 1. The van der Waals surface area contributed by atoms with Crippen LogP contribution in [0.5, 0.6) is 5.88 Å². The third-order valence-corrected chi connectivity index (χ3v) is 4.93. The van der Waals surface area contributed by atoms with E-state index < -0.39 is 23.7 Å². The van der Waals surface area contributed by atoms with Gasteiger partial charge in [0.25, 0.3) is 5.91 Å². The maximum absolute atomic E-state index is 13.5. The zero-order chi connectivity index (χ0) is 23.4. The van der Waals surface area contributed by atoms with Gasteiger partial charge in [0.1, 0.15) is 5.82 Å². The molecule has 2 aromatic heterocycles. The molecule has 1 unspecified atom stereocenters. The molecular weight excluding hydrogens is 427 g/mol. The third kappa shape index (κ3) is 5.04. The van der Waals surface area contributed by atoms with Crippen LogP contribution in [0.2, 0.25) is 0 Å². The van der Waals surface area contributed by atoms with E-state index in [0.29, 0.717) is 5.56 Å². The van der Waals surface area contributed by atoms with Gasteiger partial charge >= 0.3 is 5.97 Å². The number of carbonyl (C=O) groups is 2. The number of pyridine rings is 1. The monoisotopic (exact) mass is 446 g/mol. The largest absolute Gasteiger partial charge is 0.493 e. The number of amides is 1. The Hall–Kier alpha value is -4.53. The molecule has 0 aliphatic carbocycles. The fourth-order valence-electron chi connectivity index (χ4n) is 3.36. The molecule has 0 aliphatic rings. The molecule has 2 heterocycles. The van der Waals surface area contributed by atoms with Crippen LogP contribution in [-0.4, -0.2) is 36.9 Å². The van der Waals surface area contributed by atoms with E-state index >= 15 is 0 Å². The number of nitrogens with zero attached hydrogens (tertiary/aromatic N) is 3. The van der Waals surface area contributed by atoms with Crippen LogP contribution in [0.25, 0.3) is 16.9 Å². The van der Waals surface area contributed by atoms with E-state index in [1.807, 2.05) is 18.2 Å². The highest BCUT2D eigenvalue weighted by molar-refractivity contribution is 5.93. The van der Waals surface area contributed by atoms with Crippen molar-refractivity contribution in [1.29, 1.82) is 0 Å². The molecule has 0 radical (unpaired) electrons. The van der Waals surface area contributed by atoms with Gasteiger partial charge in [-0.05, 0) is 35.9 Å². The number of carboxylic acids is 1. The zero-order valence-electron chi connectivity index (χ0n) is 17.2. The van der Waals surface area contributed by atoms with Crippen molar-refractivity contribution in [2.24, 2.45) is 0 Å². The molecule has 4 aromatic rings. The molecule has 0 saturated carbocycles. The second-order valence-electron chi connectivity index (χ2n) is 7.24. The standard InChI is InChI=1S/C24H19FN4O4/c25-17-4-3-5-18(12-17)29-22(30)13-21(28-29)24(33)27-20(14-23(31)32)16-9-7-15(8-10-16)19-6-1-2-11-26-19/h1-13,20,30H,14H2,(H,27,33)(H,31,32). The van der Waals surface area contributed by atoms with Crippen molar-refractivity contribution in [2.45, 2.75) is 12.5 Å². The fraction of sp³-hybridized carbons (Fsp3) is 0.0833. The van der Waals surface area contributed by atoms with Gasteiger partial charge in [-0.25, -0.2) is 9.07 Å². The molecule has 0 spiro atoms. The maximum Gasteiger partial charge on any atom is 0.305 e. The maximum atomic E-state index is 13.5. The molecular formula is C24H19FN4O4. The molecule has 0 saturated heterocycles. The van der Waals surface area contributed by atoms with Crippen molar-refractivity contribution in [1.82, 2.24) is 20.1 Å². The van der Waals surface area contributed by atoms with E-state index in [0.717, 1.165) is 28.1 Å². The van der Waals surface area contributed by atoms with Gasteiger partial charge in [-0.1, -0.05) is 36.4 Å². The van der Waals surface area contributed by atoms with Gasteiger partial charge in [-0.2, -0.15) is 5.10 Å². The summed E-state index contributed by atoms with van der Waals surface area (Å²) in [6.45, 7) is 0. The lowest BCUT2D eigenvalue weighted by Crippen LogP contribution is -2.30. The number of benzene rings is 2.